The third-order valence-corrected chi connectivity index (χ3v) is 10.6. The lowest BCUT2D eigenvalue weighted by Gasteiger charge is -2.37. The molecule has 0 fully saturated rings. The summed E-state index contributed by atoms with van der Waals surface area (Å²) in [5.74, 6) is 0.248. The molecule has 6 aromatic rings. The van der Waals surface area contributed by atoms with Gasteiger partial charge in [0.05, 0.1) is 11.8 Å². The van der Waals surface area contributed by atoms with Crippen molar-refractivity contribution in [2.45, 2.75) is 65.0 Å². The van der Waals surface area contributed by atoms with Crippen molar-refractivity contribution in [3.05, 3.63) is 154 Å². The van der Waals surface area contributed by atoms with Crippen LogP contribution in [0.25, 0.3) is 27.1 Å². The maximum Gasteiger partial charge on any atom is 0.228 e. The molecule has 1 aliphatic carbocycles. The molecule has 6 nitrogen and oxygen atoms in total. The van der Waals surface area contributed by atoms with Crippen LogP contribution in [0, 0.1) is 6.92 Å². The van der Waals surface area contributed by atoms with Gasteiger partial charge in [-0.3, -0.25) is 14.4 Å². The number of furan rings is 1. The van der Waals surface area contributed by atoms with Gasteiger partial charge >= 0.3 is 0 Å². The summed E-state index contributed by atoms with van der Waals surface area (Å²) >= 11 is 0. The first-order chi connectivity index (χ1) is 24.4. The Hall–Kier alpha value is -5.59. The van der Waals surface area contributed by atoms with Crippen molar-refractivity contribution < 1.29 is 18.8 Å². The van der Waals surface area contributed by atoms with E-state index in [-0.39, 0.29) is 22.9 Å². The van der Waals surface area contributed by atoms with E-state index in [1.807, 2.05) is 92.7 Å². The van der Waals surface area contributed by atoms with Crippen molar-refractivity contribution in [1.82, 2.24) is 0 Å². The zero-order chi connectivity index (χ0) is 36.1. The van der Waals surface area contributed by atoms with E-state index in [1.165, 1.54) is 6.26 Å². The average molecular weight is 675 g/mol. The highest BCUT2D eigenvalue weighted by Gasteiger charge is 2.38. The van der Waals surface area contributed by atoms with Gasteiger partial charge in [-0.05, 0) is 116 Å². The number of para-hydroxylation sites is 1. The van der Waals surface area contributed by atoms with Crippen LogP contribution < -0.4 is 11.1 Å². The average Bonchev–Trinajstić information content (AvgIpc) is 3.66. The van der Waals surface area contributed by atoms with Gasteiger partial charge in [-0.1, -0.05) is 84.4 Å². The summed E-state index contributed by atoms with van der Waals surface area (Å²) in [5.41, 5.74) is 13.8. The maximum absolute atomic E-state index is 13.2. The lowest BCUT2D eigenvalue weighted by atomic mass is 9.73. The largest absolute Gasteiger partial charge is 0.461 e. The van der Waals surface area contributed by atoms with Crippen LogP contribution in [0.5, 0.6) is 0 Å². The fraction of sp³-hybridized carbons (Fsp3) is 0.222. The Labute approximate surface area is 298 Å². The van der Waals surface area contributed by atoms with E-state index in [1.54, 1.807) is 19.1 Å². The Kier molecular flexibility index (Phi) is 8.60. The van der Waals surface area contributed by atoms with Gasteiger partial charge in [0.2, 0.25) is 5.78 Å². The minimum atomic E-state index is -0.960. The zero-order valence-electron chi connectivity index (χ0n) is 29.7. The Bertz CT molecular complexity index is 2380. The van der Waals surface area contributed by atoms with Crippen molar-refractivity contribution in [2.75, 3.05) is 5.32 Å². The minimum absolute atomic E-state index is 0.0227. The molecule has 0 saturated heterocycles. The molecule has 256 valence electrons. The number of aryl methyl sites for hydroxylation is 2. The number of allylic oxidation sites excluding steroid dienone is 1. The van der Waals surface area contributed by atoms with Crippen LogP contribution in [0.3, 0.4) is 0 Å². The van der Waals surface area contributed by atoms with Gasteiger partial charge in [-0.25, -0.2) is 0 Å². The molecule has 0 saturated carbocycles. The Morgan fingerprint density at radius 1 is 0.765 bits per heavy atom. The predicted molar refractivity (Wildman–Crippen MR) is 205 cm³/mol. The van der Waals surface area contributed by atoms with Crippen LogP contribution >= 0.6 is 0 Å². The highest BCUT2D eigenvalue weighted by Crippen LogP contribution is 2.42. The molecule has 2 aliphatic rings. The molecule has 0 amide bonds. The summed E-state index contributed by atoms with van der Waals surface area (Å²) in [7, 11) is 0. The van der Waals surface area contributed by atoms with Crippen molar-refractivity contribution in [3.8, 4) is 0 Å². The number of carbonyl (C=O) groups is 3. The fourth-order valence-electron chi connectivity index (χ4n) is 7.92. The summed E-state index contributed by atoms with van der Waals surface area (Å²) in [6.07, 6.45) is 3.84. The van der Waals surface area contributed by atoms with Crippen LogP contribution in [-0.2, 0) is 16.8 Å². The van der Waals surface area contributed by atoms with Crippen molar-refractivity contribution >= 4 is 50.2 Å². The van der Waals surface area contributed by atoms with E-state index >= 15 is 0 Å². The van der Waals surface area contributed by atoms with Gasteiger partial charge in [-0.2, -0.15) is 0 Å². The Morgan fingerprint density at radius 3 is 2.16 bits per heavy atom. The van der Waals surface area contributed by atoms with Gasteiger partial charge in [0.25, 0.3) is 0 Å². The highest BCUT2D eigenvalue weighted by atomic mass is 16.3. The number of ketones is 3. The second-order valence-corrected chi connectivity index (χ2v) is 14.3. The summed E-state index contributed by atoms with van der Waals surface area (Å²) in [4.78, 5) is 38.6. The van der Waals surface area contributed by atoms with E-state index in [2.05, 4.69) is 31.3 Å². The first kappa shape index (κ1) is 33.9. The molecule has 6 heteroatoms. The smallest absolute Gasteiger partial charge is 0.228 e. The quantitative estimate of drug-likeness (QED) is 0.139. The van der Waals surface area contributed by atoms with Gasteiger partial charge in [0.15, 0.2) is 17.3 Å². The number of rotatable bonds is 5. The van der Waals surface area contributed by atoms with E-state index in [9.17, 15) is 14.4 Å². The zero-order valence-corrected chi connectivity index (χ0v) is 29.7. The first-order valence-electron chi connectivity index (χ1n) is 17.5. The molecule has 1 unspecified atom stereocenters. The topological polar surface area (TPSA) is 102 Å². The Balaban J connectivity index is 0.000000166. The van der Waals surface area contributed by atoms with E-state index in [4.69, 9.17) is 10.2 Å². The number of nitrogens with one attached hydrogen (secondary N) is 1. The molecule has 1 aromatic heterocycles. The number of hydrogen-bond acceptors (Lipinski definition) is 6. The number of carbonyl (C=O) groups excluding carboxylic acids is 3. The molecular weight excluding hydrogens is 633 g/mol. The summed E-state index contributed by atoms with van der Waals surface area (Å²) in [5, 5.41) is 7.47. The molecule has 0 spiro atoms. The SMILES string of the molecule is CC(=O)C1(N)CCCc2c1ccc1c2cc(C(=O)c2ccco2)c2ccccc21.CC1=C(C(=O)c2ccc(C)cc2)C(C)(C)Nc2ccccc21. The normalized spacial score (nSPS) is 17.5. The van der Waals surface area contributed by atoms with E-state index in [0.29, 0.717) is 17.7 Å². The van der Waals surface area contributed by atoms with Crippen LogP contribution in [0.4, 0.5) is 5.69 Å². The minimum Gasteiger partial charge on any atom is -0.461 e. The summed E-state index contributed by atoms with van der Waals surface area (Å²) in [6, 6.07) is 33.2. The molecular formula is C45H42N2O4. The van der Waals surface area contributed by atoms with Crippen molar-refractivity contribution in [3.63, 3.8) is 0 Å². The molecule has 0 bridgehead atoms. The van der Waals surface area contributed by atoms with Crippen LogP contribution in [0.1, 0.15) is 89.3 Å². The number of anilines is 1. The molecule has 51 heavy (non-hydrogen) atoms. The van der Waals surface area contributed by atoms with Crippen LogP contribution in [-0.4, -0.2) is 22.9 Å². The number of Topliss-reactive ketones (excluding diaryl/α,β-unsaturated/α-hetero) is 2. The predicted octanol–water partition coefficient (Wildman–Crippen LogP) is 9.75. The van der Waals surface area contributed by atoms with E-state index < -0.39 is 5.54 Å². The maximum atomic E-state index is 13.2. The third-order valence-electron chi connectivity index (χ3n) is 10.6. The molecule has 5 aromatic carbocycles. The van der Waals surface area contributed by atoms with Crippen molar-refractivity contribution in [2.24, 2.45) is 5.73 Å². The molecule has 2 heterocycles. The number of hydrogen-bond donors (Lipinski definition) is 2. The standard InChI is InChI=1S/C25H21NO3.C20H21NO/c1-15(27)25(26)12-4-8-19-20-14-21(24(28)23-9-5-13-29-23)17-7-3-2-6-16(17)18(20)10-11-22(19)25;1-13-9-11-15(12-10-13)19(22)18-14(2)16-7-5-6-8-17(16)21-20(18,3)4/h2-3,5-7,9-11,13-14H,4,8,12,26H2,1H3;5-12,21H,1-4H3. The van der Waals surface area contributed by atoms with Crippen molar-refractivity contribution in [1.29, 1.82) is 0 Å². The molecule has 1 aliphatic heterocycles. The second kappa shape index (κ2) is 12.9. The fourth-order valence-corrected chi connectivity index (χ4v) is 7.92. The highest BCUT2D eigenvalue weighted by molar-refractivity contribution is 6.22. The number of nitrogens with two attached hydrogens (primary N) is 1. The molecule has 8 rings (SSSR count). The monoisotopic (exact) mass is 674 g/mol. The van der Waals surface area contributed by atoms with Gasteiger partial charge in [-0.15, -0.1) is 0 Å². The summed E-state index contributed by atoms with van der Waals surface area (Å²) < 4.78 is 5.37. The molecule has 3 N–H and O–H groups in total. The lowest BCUT2D eigenvalue weighted by molar-refractivity contribution is -0.122. The number of fused-ring (bicyclic) bond motifs is 6. The van der Waals surface area contributed by atoms with Crippen LogP contribution in [0.2, 0.25) is 0 Å². The molecule has 0 radical (unpaired) electrons. The Morgan fingerprint density at radius 2 is 1.45 bits per heavy atom. The van der Waals surface area contributed by atoms with Gasteiger partial charge in [0, 0.05) is 28.0 Å². The van der Waals surface area contributed by atoms with Gasteiger partial charge in [0.1, 0.15) is 5.54 Å². The lowest BCUT2D eigenvalue weighted by Crippen LogP contribution is -2.46. The van der Waals surface area contributed by atoms with E-state index in [0.717, 1.165) is 79.0 Å². The number of benzene rings is 5. The second-order valence-electron chi connectivity index (χ2n) is 14.3. The third kappa shape index (κ3) is 5.89. The molecule has 1 atom stereocenters. The van der Waals surface area contributed by atoms with Crippen LogP contribution in [0.15, 0.2) is 119 Å². The first-order valence-corrected chi connectivity index (χ1v) is 17.5. The summed E-state index contributed by atoms with van der Waals surface area (Å²) in [6.45, 7) is 9.76. The van der Waals surface area contributed by atoms with Gasteiger partial charge < -0.3 is 15.5 Å².